The zero-order valence-corrected chi connectivity index (χ0v) is 14.3. The van der Waals surface area contributed by atoms with Gasteiger partial charge >= 0.3 is 0 Å². The minimum atomic E-state index is -0.330. The molecule has 2 aromatic rings. The van der Waals surface area contributed by atoms with Crippen molar-refractivity contribution in [2.45, 2.75) is 12.8 Å². The molecule has 6 heteroatoms. The number of nitrogens with zero attached hydrogens (tertiary/aromatic N) is 2. The second-order valence-electron chi connectivity index (χ2n) is 6.21. The van der Waals surface area contributed by atoms with Crippen molar-refractivity contribution in [3.63, 3.8) is 0 Å². The van der Waals surface area contributed by atoms with E-state index in [1.54, 1.807) is 19.2 Å². The first-order valence-corrected chi connectivity index (χ1v) is 8.42. The largest absolute Gasteiger partial charge is 0.457 e. The molecule has 0 unspecified atom stereocenters. The highest BCUT2D eigenvalue weighted by Gasteiger charge is 2.25. The van der Waals surface area contributed by atoms with Gasteiger partial charge in [0.2, 0.25) is 0 Å². The number of piperidine rings is 1. The van der Waals surface area contributed by atoms with E-state index < -0.39 is 0 Å². The Morgan fingerprint density at radius 1 is 1.12 bits per heavy atom. The Morgan fingerprint density at radius 3 is 2.48 bits per heavy atom. The van der Waals surface area contributed by atoms with Gasteiger partial charge in [0.25, 0.3) is 5.69 Å². The average Bonchev–Trinajstić information content (AvgIpc) is 2.63. The minimum Gasteiger partial charge on any atom is -0.457 e. The van der Waals surface area contributed by atoms with Crippen LogP contribution in [0, 0.1) is 16.0 Å². The summed E-state index contributed by atoms with van der Waals surface area (Å²) in [6, 6.07) is 14.3. The van der Waals surface area contributed by atoms with Crippen molar-refractivity contribution in [1.82, 2.24) is 0 Å². The molecule has 0 aromatic heterocycles. The minimum absolute atomic E-state index is 0.116. The highest BCUT2D eigenvalue weighted by atomic mass is 16.6. The van der Waals surface area contributed by atoms with Gasteiger partial charge in [0, 0.05) is 38.9 Å². The number of methoxy groups -OCH3 is 1. The van der Waals surface area contributed by atoms with E-state index in [1.165, 1.54) is 6.07 Å². The van der Waals surface area contributed by atoms with E-state index >= 15 is 0 Å². The van der Waals surface area contributed by atoms with Crippen LogP contribution in [-0.2, 0) is 4.74 Å². The first kappa shape index (κ1) is 17.2. The SMILES string of the molecule is COCC1CCN(c2cc(Oc3ccccc3)ccc2[N+](=O)[O-])CC1. The second kappa shape index (κ2) is 7.98. The van der Waals surface area contributed by atoms with Crippen LogP contribution in [0.25, 0.3) is 0 Å². The van der Waals surface area contributed by atoms with Crippen LogP contribution in [0.3, 0.4) is 0 Å². The summed E-state index contributed by atoms with van der Waals surface area (Å²) in [5.41, 5.74) is 0.736. The molecule has 1 saturated heterocycles. The highest BCUT2D eigenvalue weighted by molar-refractivity contribution is 5.66. The Morgan fingerprint density at radius 2 is 1.84 bits per heavy atom. The maximum Gasteiger partial charge on any atom is 0.292 e. The number of anilines is 1. The number of nitro benzene ring substituents is 1. The fourth-order valence-electron chi connectivity index (χ4n) is 3.18. The average molecular weight is 342 g/mol. The summed E-state index contributed by atoms with van der Waals surface area (Å²) in [6.07, 6.45) is 1.93. The van der Waals surface area contributed by atoms with Crippen LogP contribution in [0.5, 0.6) is 11.5 Å². The zero-order chi connectivity index (χ0) is 17.6. The van der Waals surface area contributed by atoms with Crippen LogP contribution >= 0.6 is 0 Å². The molecule has 0 aliphatic carbocycles. The van der Waals surface area contributed by atoms with Gasteiger partial charge in [-0.2, -0.15) is 0 Å². The first-order valence-electron chi connectivity index (χ1n) is 8.42. The Bertz CT molecular complexity index is 713. The van der Waals surface area contributed by atoms with Crippen LogP contribution in [0.15, 0.2) is 48.5 Å². The van der Waals surface area contributed by atoms with Crippen LogP contribution in [0.1, 0.15) is 12.8 Å². The Labute approximate surface area is 147 Å². The Kier molecular flexibility index (Phi) is 5.50. The quantitative estimate of drug-likeness (QED) is 0.580. The molecule has 6 nitrogen and oxygen atoms in total. The van der Waals surface area contributed by atoms with Gasteiger partial charge in [-0.1, -0.05) is 18.2 Å². The van der Waals surface area contributed by atoms with Gasteiger partial charge in [0.1, 0.15) is 17.2 Å². The fourth-order valence-corrected chi connectivity index (χ4v) is 3.18. The number of benzene rings is 2. The maximum absolute atomic E-state index is 11.4. The summed E-state index contributed by atoms with van der Waals surface area (Å²) in [5, 5.41) is 11.4. The number of ether oxygens (including phenoxy) is 2. The van der Waals surface area contributed by atoms with Crippen LogP contribution in [0.2, 0.25) is 0 Å². The van der Waals surface area contributed by atoms with Crippen molar-refractivity contribution < 1.29 is 14.4 Å². The fraction of sp³-hybridized carbons (Fsp3) is 0.368. The molecule has 0 N–H and O–H groups in total. The van der Waals surface area contributed by atoms with Gasteiger partial charge in [-0.3, -0.25) is 10.1 Å². The van der Waals surface area contributed by atoms with Gasteiger partial charge in [-0.25, -0.2) is 0 Å². The van der Waals surface area contributed by atoms with Gasteiger partial charge in [-0.15, -0.1) is 0 Å². The van der Waals surface area contributed by atoms with E-state index in [-0.39, 0.29) is 10.6 Å². The number of hydrogen-bond donors (Lipinski definition) is 0. The number of para-hydroxylation sites is 1. The number of nitro groups is 1. The lowest BCUT2D eigenvalue weighted by Crippen LogP contribution is -2.35. The summed E-state index contributed by atoms with van der Waals surface area (Å²) in [4.78, 5) is 13.2. The maximum atomic E-state index is 11.4. The molecule has 0 saturated carbocycles. The molecule has 0 atom stereocenters. The molecule has 0 bridgehead atoms. The van der Waals surface area contributed by atoms with E-state index in [0.717, 1.165) is 32.5 Å². The molecule has 1 fully saturated rings. The third-order valence-electron chi connectivity index (χ3n) is 4.48. The molecular formula is C19H22N2O4. The lowest BCUT2D eigenvalue weighted by atomic mass is 9.97. The predicted octanol–water partition coefficient (Wildman–Crippen LogP) is 4.25. The van der Waals surface area contributed by atoms with E-state index in [9.17, 15) is 10.1 Å². The van der Waals surface area contributed by atoms with Crippen molar-refractivity contribution in [1.29, 1.82) is 0 Å². The number of hydrogen-bond acceptors (Lipinski definition) is 5. The summed E-state index contributed by atoms with van der Waals surface area (Å²) < 4.78 is 11.1. The van der Waals surface area contributed by atoms with E-state index in [1.807, 2.05) is 30.3 Å². The first-order chi connectivity index (χ1) is 12.2. The topological polar surface area (TPSA) is 64.8 Å². The lowest BCUT2D eigenvalue weighted by molar-refractivity contribution is -0.384. The normalized spacial score (nSPS) is 15.2. The highest BCUT2D eigenvalue weighted by Crippen LogP contribution is 2.36. The Balaban J connectivity index is 1.81. The third-order valence-corrected chi connectivity index (χ3v) is 4.48. The second-order valence-corrected chi connectivity index (χ2v) is 6.21. The summed E-state index contributed by atoms with van der Waals surface area (Å²) >= 11 is 0. The zero-order valence-electron chi connectivity index (χ0n) is 14.3. The third kappa shape index (κ3) is 4.28. The van der Waals surface area contributed by atoms with Crippen molar-refractivity contribution in [3.8, 4) is 11.5 Å². The van der Waals surface area contributed by atoms with Gasteiger partial charge in [0.15, 0.2) is 0 Å². The van der Waals surface area contributed by atoms with Crippen molar-refractivity contribution in [2.24, 2.45) is 5.92 Å². The van der Waals surface area contributed by atoms with Crippen LogP contribution < -0.4 is 9.64 Å². The molecular weight excluding hydrogens is 320 g/mol. The van der Waals surface area contributed by atoms with Gasteiger partial charge in [0.05, 0.1) is 4.92 Å². The van der Waals surface area contributed by atoms with E-state index in [4.69, 9.17) is 9.47 Å². The monoisotopic (exact) mass is 342 g/mol. The van der Waals surface area contributed by atoms with Crippen LogP contribution in [-0.4, -0.2) is 31.7 Å². The Hall–Kier alpha value is -2.60. The van der Waals surface area contributed by atoms with Gasteiger partial charge in [-0.05, 0) is 37.0 Å². The summed E-state index contributed by atoms with van der Waals surface area (Å²) in [7, 11) is 1.71. The molecule has 0 radical (unpaired) electrons. The molecule has 3 rings (SSSR count). The standard InChI is InChI=1S/C19H22N2O4/c1-24-14-15-9-11-20(12-10-15)19-13-17(7-8-18(19)21(22)23)25-16-5-3-2-4-6-16/h2-8,13,15H,9-12,14H2,1H3. The van der Waals surface area contributed by atoms with E-state index in [0.29, 0.717) is 23.1 Å². The molecule has 1 heterocycles. The van der Waals surface area contributed by atoms with Crippen LogP contribution in [0.4, 0.5) is 11.4 Å². The lowest BCUT2D eigenvalue weighted by Gasteiger charge is -2.33. The van der Waals surface area contributed by atoms with Crippen molar-refractivity contribution >= 4 is 11.4 Å². The van der Waals surface area contributed by atoms with Crippen molar-refractivity contribution in [3.05, 3.63) is 58.6 Å². The molecule has 2 aromatic carbocycles. The molecule has 1 aliphatic rings. The molecule has 132 valence electrons. The molecule has 0 spiro atoms. The molecule has 1 aliphatic heterocycles. The predicted molar refractivity (Wildman–Crippen MR) is 96.4 cm³/mol. The van der Waals surface area contributed by atoms with Crippen molar-refractivity contribution in [2.75, 3.05) is 31.7 Å². The summed E-state index contributed by atoms with van der Waals surface area (Å²) in [6.45, 7) is 2.31. The van der Waals surface area contributed by atoms with Gasteiger partial charge < -0.3 is 14.4 Å². The summed E-state index contributed by atoms with van der Waals surface area (Å²) in [5.74, 6) is 1.83. The molecule has 25 heavy (non-hydrogen) atoms. The molecule has 0 amide bonds. The van der Waals surface area contributed by atoms with E-state index in [2.05, 4.69) is 4.90 Å². The number of rotatable bonds is 6. The smallest absolute Gasteiger partial charge is 0.292 e.